The third-order valence-electron chi connectivity index (χ3n) is 7.49. The average molecular weight is 634 g/mol. The van der Waals surface area contributed by atoms with Gasteiger partial charge in [0.15, 0.2) is 5.82 Å². The van der Waals surface area contributed by atoms with Crippen molar-refractivity contribution < 1.29 is 23.0 Å². The van der Waals surface area contributed by atoms with Crippen LogP contribution in [0.15, 0.2) is 79.0 Å². The van der Waals surface area contributed by atoms with Crippen LogP contribution in [-0.4, -0.2) is 42.3 Å². The third kappa shape index (κ3) is 7.06. The van der Waals surface area contributed by atoms with E-state index in [1.165, 1.54) is 19.4 Å². The van der Waals surface area contributed by atoms with E-state index in [0.717, 1.165) is 23.2 Å². The van der Waals surface area contributed by atoms with Crippen LogP contribution in [0.4, 0.5) is 8.78 Å². The number of carbonyl (C=O) groups is 1. The van der Waals surface area contributed by atoms with Gasteiger partial charge in [0.25, 0.3) is 0 Å². The Balaban J connectivity index is 1.61. The molecular formula is C34H34ClF2N3O3Si. The largest absolute Gasteiger partial charge is 0.465 e. The molecule has 0 aliphatic rings. The Morgan fingerprint density at radius 2 is 1.80 bits per heavy atom. The predicted molar refractivity (Wildman–Crippen MR) is 172 cm³/mol. The average Bonchev–Trinajstić information content (AvgIpc) is 3.37. The normalized spacial score (nSPS) is 12.4. The summed E-state index contributed by atoms with van der Waals surface area (Å²) in [7, 11) is 0.0281. The number of nitrogens with zero attached hydrogens (tertiary/aromatic N) is 3. The van der Waals surface area contributed by atoms with Crippen LogP contribution in [0.3, 0.4) is 0 Å². The molecule has 0 bridgehead atoms. The van der Waals surface area contributed by atoms with E-state index in [-0.39, 0.29) is 28.8 Å². The van der Waals surface area contributed by atoms with Gasteiger partial charge in [-0.1, -0.05) is 67.6 Å². The molecule has 44 heavy (non-hydrogen) atoms. The number of esters is 1. The lowest BCUT2D eigenvalue weighted by atomic mass is 9.94. The second-order valence-electron chi connectivity index (χ2n) is 11.9. The zero-order valence-electron chi connectivity index (χ0n) is 25.1. The van der Waals surface area contributed by atoms with Crippen LogP contribution in [-0.2, 0) is 22.6 Å². The number of ether oxygens (including phenoxy) is 2. The van der Waals surface area contributed by atoms with E-state index in [4.69, 9.17) is 31.0 Å². The lowest BCUT2D eigenvalue weighted by molar-refractivity contribution is 0.0601. The van der Waals surface area contributed by atoms with Crippen LogP contribution >= 0.6 is 11.6 Å². The lowest BCUT2D eigenvalue weighted by Gasteiger charge is -2.20. The van der Waals surface area contributed by atoms with Crippen molar-refractivity contribution in [3.63, 3.8) is 0 Å². The predicted octanol–water partition coefficient (Wildman–Crippen LogP) is 8.50. The number of carbonyl (C=O) groups excluding carboxylic acids is 1. The number of hydrogen-bond donors (Lipinski definition) is 0. The van der Waals surface area contributed by atoms with Crippen molar-refractivity contribution in [1.29, 1.82) is 0 Å². The first-order valence-corrected chi connectivity index (χ1v) is 18.4. The maximum atomic E-state index is 14.8. The van der Waals surface area contributed by atoms with Gasteiger partial charge in [-0.05, 0) is 54.4 Å². The Hall–Kier alpha value is -3.92. The molecule has 10 heteroatoms. The summed E-state index contributed by atoms with van der Waals surface area (Å²) in [4.78, 5) is 22.0. The van der Waals surface area contributed by atoms with Crippen LogP contribution < -0.4 is 0 Å². The van der Waals surface area contributed by atoms with Gasteiger partial charge < -0.3 is 14.0 Å². The van der Waals surface area contributed by atoms with Crippen molar-refractivity contribution in [3.05, 3.63) is 118 Å². The van der Waals surface area contributed by atoms with E-state index in [9.17, 15) is 13.6 Å². The SMILES string of the molecule is COC(=O)c1ccc2c(c1)nc(C(Cc1ccccc1)c1ccc(-c3c(F)ccc(Cl)c3F)cn1)n2COCC[Si](C)(C)C. The molecule has 0 fully saturated rings. The summed E-state index contributed by atoms with van der Waals surface area (Å²) in [5.74, 6) is -1.66. The minimum Gasteiger partial charge on any atom is -0.465 e. The highest BCUT2D eigenvalue weighted by atomic mass is 35.5. The van der Waals surface area contributed by atoms with E-state index >= 15 is 0 Å². The summed E-state index contributed by atoms with van der Waals surface area (Å²) in [6.45, 7) is 7.78. The van der Waals surface area contributed by atoms with Crippen LogP contribution in [0, 0.1) is 11.6 Å². The molecule has 5 aromatic rings. The van der Waals surface area contributed by atoms with Gasteiger partial charge in [0.1, 0.15) is 18.4 Å². The molecular weight excluding hydrogens is 600 g/mol. The summed E-state index contributed by atoms with van der Waals surface area (Å²) in [6.07, 6.45) is 2.01. The van der Waals surface area contributed by atoms with E-state index in [0.29, 0.717) is 35.6 Å². The molecule has 0 amide bonds. The van der Waals surface area contributed by atoms with Crippen LogP contribution in [0.25, 0.3) is 22.2 Å². The third-order valence-corrected chi connectivity index (χ3v) is 9.48. The van der Waals surface area contributed by atoms with Gasteiger partial charge in [0.2, 0.25) is 0 Å². The number of pyridine rings is 1. The molecule has 0 saturated heterocycles. The molecule has 2 aromatic heterocycles. The molecule has 3 aromatic carbocycles. The highest BCUT2D eigenvalue weighted by molar-refractivity contribution is 6.76. The quantitative estimate of drug-likeness (QED) is 0.0631. The van der Waals surface area contributed by atoms with Crippen molar-refractivity contribution in [2.75, 3.05) is 13.7 Å². The van der Waals surface area contributed by atoms with Crippen LogP contribution in [0.1, 0.15) is 33.4 Å². The van der Waals surface area contributed by atoms with Crippen molar-refractivity contribution in [3.8, 4) is 11.1 Å². The first kappa shape index (κ1) is 31.5. The van der Waals surface area contributed by atoms with Gasteiger partial charge in [-0.15, -0.1) is 0 Å². The van der Waals surface area contributed by atoms with E-state index in [2.05, 4.69) is 19.6 Å². The zero-order chi connectivity index (χ0) is 31.4. The summed E-state index contributed by atoms with van der Waals surface area (Å²) in [6, 6.07) is 22.0. The van der Waals surface area contributed by atoms with E-state index in [1.807, 2.05) is 41.0 Å². The molecule has 6 nitrogen and oxygen atoms in total. The van der Waals surface area contributed by atoms with E-state index < -0.39 is 25.7 Å². The monoisotopic (exact) mass is 633 g/mol. The summed E-state index contributed by atoms with van der Waals surface area (Å²) >= 11 is 5.95. The molecule has 0 N–H and O–H groups in total. The van der Waals surface area contributed by atoms with Crippen molar-refractivity contribution >= 4 is 36.7 Å². The second-order valence-corrected chi connectivity index (χ2v) is 17.9. The number of imidazole rings is 1. The minimum atomic E-state index is -1.31. The Kier molecular flexibility index (Phi) is 9.58. The van der Waals surface area contributed by atoms with Gasteiger partial charge in [0, 0.05) is 26.4 Å². The molecule has 0 radical (unpaired) electrons. The maximum Gasteiger partial charge on any atom is 0.337 e. The molecule has 0 saturated carbocycles. The number of benzene rings is 3. The van der Waals surface area contributed by atoms with Gasteiger partial charge in [-0.25, -0.2) is 18.6 Å². The van der Waals surface area contributed by atoms with Gasteiger partial charge in [-0.2, -0.15) is 0 Å². The van der Waals surface area contributed by atoms with Crippen LogP contribution in [0.2, 0.25) is 30.7 Å². The summed E-state index contributed by atoms with van der Waals surface area (Å²) < 4.78 is 42.6. The number of methoxy groups -OCH3 is 1. The fourth-order valence-corrected chi connectivity index (χ4v) is 5.97. The summed E-state index contributed by atoms with van der Waals surface area (Å²) in [5.41, 5.74) is 3.58. The standard InChI is InChI=1S/C34H34ClF2N3O3Si/c1-42-34(41)23-11-15-30-29(19-23)39-33(40(30)21-43-16-17-44(2,3)4)25(18-22-8-6-5-7-9-22)28-14-10-24(20-38-28)31-27(36)13-12-26(35)32(31)37/h5-15,19-20,25H,16-18,21H2,1-4H3. The molecule has 2 heterocycles. The lowest BCUT2D eigenvalue weighted by Crippen LogP contribution is -2.22. The highest BCUT2D eigenvalue weighted by Gasteiger charge is 2.26. The topological polar surface area (TPSA) is 66.2 Å². The van der Waals surface area contributed by atoms with Gasteiger partial charge in [0.05, 0.1) is 45.9 Å². The fraction of sp³-hybridized carbons (Fsp3) is 0.265. The Morgan fingerprint density at radius 1 is 1.02 bits per heavy atom. The molecule has 1 atom stereocenters. The first-order chi connectivity index (χ1) is 21.1. The first-order valence-electron chi connectivity index (χ1n) is 14.4. The number of fused-ring (bicyclic) bond motifs is 1. The minimum absolute atomic E-state index is 0.165. The van der Waals surface area contributed by atoms with Gasteiger partial charge in [-0.3, -0.25) is 4.98 Å². The van der Waals surface area contributed by atoms with Crippen molar-refractivity contribution in [2.45, 2.75) is 44.8 Å². The smallest absolute Gasteiger partial charge is 0.337 e. The maximum absolute atomic E-state index is 14.8. The Labute approximate surface area is 261 Å². The number of aromatic nitrogens is 3. The fourth-order valence-electron chi connectivity index (χ4n) is 5.06. The molecule has 0 spiro atoms. The molecule has 0 aliphatic heterocycles. The van der Waals surface area contributed by atoms with Crippen LogP contribution in [0.5, 0.6) is 0 Å². The summed E-state index contributed by atoms with van der Waals surface area (Å²) in [5, 5.41) is -0.165. The molecule has 228 valence electrons. The Bertz CT molecular complexity index is 1770. The van der Waals surface area contributed by atoms with Crippen molar-refractivity contribution in [1.82, 2.24) is 14.5 Å². The molecule has 5 rings (SSSR count). The molecule has 1 unspecified atom stereocenters. The second kappa shape index (κ2) is 13.4. The number of rotatable bonds is 11. The Morgan fingerprint density at radius 3 is 2.48 bits per heavy atom. The van der Waals surface area contributed by atoms with Gasteiger partial charge >= 0.3 is 5.97 Å². The van der Waals surface area contributed by atoms with Crippen molar-refractivity contribution in [2.24, 2.45) is 0 Å². The number of hydrogen-bond acceptors (Lipinski definition) is 5. The molecule has 0 aliphatic carbocycles. The number of halogens is 3. The van der Waals surface area contributed by atoms with E-state index in [1.54, 1.807) is 24.3 Å². The highest BCUT2D eigenvalue weighted by Crippen LogP contribution is 2.34. The zero-order valence-corrected chi connectivity index (χ0v) is 26.9.